The van der Waals surface area contributed by atoms with Crippen molar-refractivity contribution < 1.29 is 9.42 Å². The number of rotatable bonds is 4. The number of carbonyl (C=O) groups is 1. The van der Waals surface area contributed by atoms with Crippen molar-refractivity contribution in [2.45, 2.75) is 33.6 Å². The van der Waals surface area contributed by atoms with Crippen LogP contribution in [0.1, 0.15) is 29.1 Å². The zero-order valence-corrected chi connectivity index (χ0v) is 15.7. The second-order valence-electron chi connectivity index (χ2n) is 6.77. The molecule has 0 saturated carbocycles. The SMILES string of the molecule is Cc1nonc1N1CCN(C(=O)CCc2c(C)nc3ncnn3c2C)CC1. The molecule has 3 aromatic rings. The lowest BCUT2D eigenvalue weighted by Crippen LogP contribution is -2.49. The summed E-state index contributed by atoms with van der Waals surface area (Å²) in [5.74, 6) is 1.51. The molecule has 0 aliphatic carbocycles. The number of piperazine rings is 1. The molecule has 0 bridgehead atoms. The largest absolute Gasteiger partial charge is 0.349 e. The van der Waals surface area contributed by atoms with Gasteiger partial charge in [0.1, 0.15) is 12.0 Å². The number of nitrogens with zero attached hydrogens (tertiary/aromatic N) is 8. The topological polar surface area (TPSA) is 106 Å². The highest BCUT2D eigenvalue weighted by atomic mass is 16.6. The Morgan fingerprint density at radius 1 is 1.11 bits per heavy atom. The van der Waals surface area contributed by atoms with Crippen molar-refractivity contribution in [3.05, 3.63) is 29.0 Å². The first-order valence-corrected chi connectivity index (χ1v) is 9.02. The van der Waals surface area contributed by atoms with Crippen molar-refractivity contribution in [1.29, 1.82) is 0 Å². The molecule has 0 aromatic carbocycles. The van der Waals surface area contributed by atoms with E-state index in [1.807, 2.05) is 25.7 Å². The molecule has 142 valence electrons. The van der Waals surface area contributed by atoms with Gasteiger partial charge in [0.05, 0.1) is 0 Å². The zero-order valence-electron chi connectivity index (χ0n) is 15.7. The summed E-state index contributed by atoms with van der Waals surface area (Å²) in [6.07, 6.45) is 2.59. The van der Waals surface area contributed by atoms with Crippen LogP contribution in [0.25, 0.3) is 5.78 Å². The minimum atomic E-state index is 0.155. The number of anilines is 1. The molecule has 0 unspecified atom stereocenters. The minimum absolute atomic E-state index is 0.155. The fourth-order valence-electron chi connectivity index (χ4n) is 3.59. The van der Waals surface area contributed by atoms with Crippen LogP contribution in [0.15, 0.2) is 11.0 Å². The molecule has 1 amide bonds. The lowest BCUT2D eigenvalue weighted by molar-refractivity contribution is -0.131. The van der Waals surface area contributed by atoms with Gasteiger partial charge in [0.25, 0.3) is 5.78 Å². The van der Waals surface area contributed by atoms with Gasteiger partial charge in [-0.1, -0.05) is 5.16 Å². The third kappa shape index (κ3) is 3.22. The molecule has 27 heavy (non-hydrogen) atoms. The van der Waals surface area contributed by atoms with E-state index in [1.165, 1.54) is 6.33 Å². The van der Waals surface area contributed by atoms with Crippen LogP contribution >= 0.6 is 0 Å². The van der Waals surface area contributed by atoms with E-state index in [0.29, 0.717) is 31.7 Å². The van der Waals surface area contributed by atoms with Crippen molar-refractivity contribution >= 4 is 17.5 Å². The molecule has 10 nitrogen and oxygen atoms in total. The summed E-state index contributed by atoms with van der Waals surface area (Å²) < 4.78 is 6.49. The Hall–Kier alpha value is -3.04. The van der Waals surface area contributed by atoms with Crippen LogP contribution in [0.2, 0.25) is 0 Å². The monoisotopic (exact) mass is 370 g/mol. The van der Waals surface area contributed by atoms with Crippen LogP contribution in [-0.4, -0.2) is 66.9 Å². The van der Waals surface area contributed by atoms with E-state index in [9.17, 15) is 4.79 Å². The molecule has 10 heteroatoms. The number of carbonyl (C=O) groups excluding carboxylic acids is 1. The summed E-state index contributed by atoms with van der Waals surface area (Å²) in [5, 5.41) is 12.0. The maximum atomic E-state index is 12.7. The quantitative estimate of drug-likeness (QED) is 0.661. The summed E-state index contributed by atoms with van der Waals surface area (Å²) in [6.45, 7) is 8.61. The van der Waals surface area contributed by atoms with E-state index in [1.54, 1.807) is 4.52 Å². The first kappa shape index (κ1) is 17.4. The van der Waals surface area contributed by atoms with Crippen molar-refractivity contribution in [3.8, 4) is 0 Å². The Balaban J connectivity index is 1.37. The number of hydrogen-bond donors (Lipinski definition) is 0. The second kappa shape index (κ2) is 6.93. The van der Waals surface area contributed by atoms with Crippen LogP contribution in [0, 0.1) is 20.8 Å². The van der Waals surface area contributed by atoms with Gasteiger partial charge in [-0.3, -0.25) is 4.79 Å². The van der Waals surface area contributed by atoms with Crippen LogP contribution in [-0.2, 0) is 11.2 Å². The highest BCUT2D eigenvalue weighted by Crippen LogP contribution is 2.18. The Labute approximate surface area is 156 Å². The van der Waals surface area contributed by atoms with E-state index in [0.717, 1.165) is 41.6 Å². The van der Waals surface area contributed by atoms with Gasteiger partial charge >= 0.3 is 0 Å². The Morgan fingerprint density at radius 3 is 2.59 bits per heavy atom. The van der Waals surface area contributed by atoms with Gasteiger partial charge < -0.3 is 9.80 Å². The fraction of sp³-hybridized carbons (Fsp3) is 0.529. The van der Waals surface area contributed by atoms with Gasteiger partial charge in [0.2, 0.25) is 5.91 Å². The Morgan fingerprint density at radius 2 is 1.89 bits per heavy atom. The number of aryl methyl sites for hydroxylation is 3. The van der Waals surface area contributed by atoms with Crippen molar-refractivity contribution in [2.75, 3.05) is 31.1 Å². The van der Waals surface area contributed by atoms with Gasteiger partial charge in [-0.25, -0.2) is 14.1 Å². The molecule has 1 fully saturated rings. The highest BCUT2D eigenvalue weighted by molar-refractivity contribution is 5.77. The summed E-state index contributed by atoms with van der Waals surface area (Å²) in [7, 11) is 0. The fourth-order valence-corrected chi connectivity index (χ4v) is 3.59. The van der Waals surface area contributed by atoms with E-state index >= 15 is 0 Å². The minimum Gasteiger partial charge on any atom is -0.349 e. The molecule has 0 spiro atoms. The number of amides is 1. The van der Waals surface area contributed by atoms with Gasteiger partial charge in [-0.15, -0.1) is 0 Å². The predicted octanol–water partition coefficient (Wildman–Crippen LogP) is 0.714. The first-order valence-electron chi connectivity index (χ1n) is 9.02. The normalized spacial score (nSPS) is 14.9. The molecule has 0 atom stereocenters. The molecule has 4 rings (SSSR count). The van der Waals surface area contributed by atoms with E-state index in [4.69, 9.17) is 4.63 Å². The Kier molecular flexibility index (Phi) is 4.46. The van der Waals surface area contributed by atoms with Crippen molar-refractivity contribution in [3.63, 3.8) is 0 Å². The van der Waals surface area contributed by atoms with Crippen molar-refractivity contribution in [2.24, 2.45) is 0 Å². The average Bonchev–Trinajstić information content (AvgIpc) is 3.30. The van der Waals surface area contributed by atoms with Gasteiger partial charge in [-0.2, -0.15) is 10.1 Å². The molecular weight excluding hydrogens is 348 g/mol. The van der Waals surface area contributed by atoms with Crippen LogP contribution in [0.3, 0.4) is 0 Å². The summed E-state index contributed by atoms with van der Waals surface area (Å²) in [6, 6.07) is 0. The molecule has 3 aromatic heterocycles. The number of aromatic nitrogens is 6. The lowest BCUT2D eigenvalue weighted by atomic mass is 10.1. The second-order valence-corrected chi connectivity index (χ2v) is 6.77. The highest BCUT2D eigenvalue weighted by Gasteiger charge is 2.24. The number of fused-ring (bicyclic) bond motifs is 1. The number of hydrogen-bond acceptors (Lipinski definition) is 8. The molecule has 4 heterocycles. The summed E-state index contributed by atoms with van der Waals surface area (Å²) in [4.78, 5) is 25.3. The van der Waals surface area contributed by atoms with Crippen LogP contribution in [0.4, 0.5) is 5.82 Å². The van der Waals surface area contributed by atoms with Crippen LogP contribution in [0.5, 0.6) is 0 Å². The lowest BCUT2D eigenvalue weighted by Gasteiger charge is -2.34. The third-order valence-corrected chi connectivity index (χ3v) is 5.14. The average molecular weight is 370 g/mol. The summed E-state index contributed by atoms with van der Waals surface area (Å²) >= 11 is 0. The van der Waals surface area contributed by atoms with Crippen molar-refractivity contribution in [1.82, 2.24) is 34.8 Å². The van der Waals surface area contributed by atoms with Gasteiger partial charge in [0.15, 0.2) is 5.82 Å². The molecular formula is C17H22N8O2. The van der Waals surface area contributed by atoms with E-state index < -0.39 is 0 Å². The molecule has 0 N–H and O–H groups in total. The van der Waals surface area contributed by atoms with Gasteiger partial charge in [0, 0.05) is 44.0 Å². The summed E-state index contributed by atoms with van der Waals surface area (Å²) in [5.41, 5.74) is 3.72. The van der Waals surface area contributed by atoms with E-state index in [2.05, 4.69) is 30.3 Å². The zero-order chi connectivity index (χ0) is 19.0. The standard InChI is InChI=1S/C17H22N8O2/c1-11-14(13(3)25-17(20-11)18-10-19-25)4-5-15(26)23-6-8-24(9-7-23)16-12(2)21-27-22-16/h10H,4-9H2,1-3H3. The third-order valence-electron chi connectivity index (χ3n) is 5.14. The molecule has 1 saturated heterocycles. The van der Waals surface area contributed by atoms with Crippen LogP contribution < -0.4 is 4.90 Å². The molecule has 0 radical (unpaired) electrons. The maximum Gasteiger partial charge on any atom is 0.252 e. The van der Waals surface area contributed by atoms with Gasteiger partial charge in [-0.05, 0) is 37.9 Å². The smallest absolute Gasteiger partial charge is 0.252 e. The first-order chi connectivity index (χ1) is 13.0. The molecule has 1 aliphatic rings. The predicted molar refractivity (Wildman–Crippen MR) is 96.4 cm³/mol. The maximum absolute atomic E-state index is 12.7. The Bertz CT molecular complexity index is 971. The molecule has 1 aliphatic heterocycles. The van der Waals surface area contributed by atoms with E-state index in [-0.39, 0.29) is 5.91 Å².